The molecule has 9 nitrogen and oxygen atoms in total. The number of carbonyl (C=O) groups is 1. The highest BCUT2D eigenvalue weighted by Crippen LogP contribution is 2.27. The molecule has 0 spiro atoms. The van der Waals surface area contributed by atoms with Crippen LogP contribution in [0.3, 0.4) is 0 Å². The van der Waals surface area contributed by atoms with E-state index in [2.05, 4.69) is 25.3 Å². The predicted molar refractivity (Wildman–Crippen MR) is 116 cm³/mol. The number of cyclic esters (lactones) is 1. The summed E-state index contributed by atoms with van der Waals surface area (Å²) in [6.07, 6.45) is 2.45. The zero-order valence-electron chi connectivity index (χ0n) is 17.9. The predicted octanol–water partition coefficient (Wildman–Crippen LogP) is 3.42. The lowest BCUT2D eigenvalue weighted by Crippen LogP contribution is -2.42. The van der Waals surface area contributed by atoms with Crippen molar-refractivity contribution in [1.29, 1.82) is 0 Å². The summed E-state index contributed by atoms with van der Waals surface area (Å²) in [5.41, 5.74) is 2.10. The van der Waals surface area contributed by atoms with Gasteiger partial charge in [-0.25, -0.2) is 33.4 Å². The van der Waals surface area contributed by atoms with Gasteiger partial charge in [0.1, 0.15) is 25.1 Å². The van der Waals surface area contributed by atoms with Crippen molar-refractivity contribution in [2.24, 2.45) is 0 Å². The summed E-state index contributed by atoms with van der Waals surface area (Å²) in [5.74, 6) is -0.644. The molecule has 1 saturated heterocycles. The minimum atomic E-state index is -0.946. The molecule has 1 aliphatic heterocycles. The lowest BCUT2D eigenvalue weighted by molar-refractivity contribution is 0.142. The van der Waals surface area contributed by atoms with Crippen LogP contribution >= 0.6 is 0 Å². The molecule has 2 aromatic heterocycles. The Morgan fingerprint density at radius 1 is 1.21 bits per heavy atom. The SMILES string of the molecule is CC(Nc1ncc(F)c(N2C(=O)OC[C@@H]2[C@@H](C)O)n1)c1ncc(-c2cccc(CF)c2)cn1. The molecule has 1 amide bonds. The van der Waals surface area contributed by atoms with Crippen LogP contribution in [-0.2, 0) is 11.4 Å². The van der Waals surface area contributed by atoms with Crippen molar-refractivity contribution in [3.63, 3.8) is 0 Å². The molecule has 0 aliphatic carbocycles. The first-order valence-electron chi connectivity index (χ1n) is 10.3. The molecule has 1 fully saturated rings. The smallest absolute Gasteiger partial charge is 0.416 e. The number of ether oxygens (including phenoxy) is 1. The normalized spacial score (nSPS) is 17.5. The molecule has 2 N–H and O–H groups in total. The van der Waals surface area contributed by atoms with Crippen LogP contribution in [0.25, 0.3) is 11.1 Å². The van der Waals surface area contributed by atoms with Crippen molar-refractivity contribution in [3.8, 4) is 11.1 Å². The van der Waals surface area contributed by atoms with Gasteiger partial charge in [-0.05, 0) is 31.0 Å². The summed E-state index contributed by atoms with van der Waals surface area (Å²) in [5, 5.41) is 12.9. The van der Waals surface area contributed by atoms with E-state index in [0.717, 1.165) is 22.2 Å². The molecule has 33 heavy (non-hydrogen) atoms. The largest absolute Gasteiger partial charge is 0.447 e. The summed E-state index contributed by atoms with van der Waals surface area (Å²) in [7, 11) is 0. The van der Waals surface area contributed by atoms with Crippen molar-refractivity contribution in [2.75, 3.05) is 16.8 Å². The number of alkyl halides is 1. The minimum absolute atomic E-state index is 0.0475. The summed E-state index contributed by atoms with van der Waals surface area (Å²) >= 11 is 0. The van der Waals surface area contributed by atoms with Gasteiger partial charge in [-0.3, -0.25) is 0 Å². The number of aromatic nitrogens is 4. The third kappa shape index (κ3) is 4.72. The number of amides is 1. The quantitative estimate of drug-likeness (QED) is 0.556. The Morgan fingerprint density at radius 2 is 1.97 bits per heavy atom. The summed E-state index contributed by atoms with van der Waals surface area (Å²) < 4.78 is 32.3. The third-order valence-electron chi connectivity index (χ3n) is 5.24. The standard InChI is InChI=1S/C22H22F2N6O3/c1-12(19-25-8-16(9-26-19)15-5-3-4-14(6-15)7-23)28-21-27-10-17(24)20(29-21)30-18(13(2)31)11-33-22(30)32/h3-6,8-10,12-13,18,31H,7,11H2,1-2H3,(H,27,28,29)/t12?,13-,18-/m1/s1. The third-order valence-corrected chi connectivity index (χ3v) is 5.24. The van der Waals surface area contributed by atoms with Crippen LogP contribution in [0.5, 0.6) is 0 Å². The van der Waals surface area contributed by atoms with E-state index in [1.54, 1.807) is 37.5 Å². The number of rotatable bonds is 7. The number of nitrogens with zero attached hydrogens (tertiary/aromatic N) is 5. The van der Waals surface area contributed by atoms with E-state index in [9.17, 15) is 18.7 Å². The fraction of sp³-hybridized carbons (Fsp3) is 0.318. The molecule has 0 saturated carbocycles. The van der Waals surface area contributed by atoms with Gasteiger partial charge in [-0.15, -0.1) is 0 Å². The van der Waals surface area contributed by atoms with E-state index in [1.165, 1.54) is 6.92 Å². The van der Waals surface area contributed by atoms with Crippen molar-refractivity contribution in [3.05, 3.63) is 60.1 Å². The van der Waals surface area contributed by atoms with Crippen LogP contribution in [0.15, 0.2) is 42.9 Å². The van der Waals surface area contributed by atoms with Gasteiger partial charge in [0.15, 0.2) is 11.6 Å². The van der Waals surface area contributed by atoms with E-state index in [0.29, 0.717) is 11.4 Å². The second-order valence-corrected chi connectivity index (χ2v) is 7.65. The second kappa shape index (κ2) is 9.41. The number of benzene rings is 1. The number of aliphatic hydroxyl groups is 1. The minimum Gasteiger partial charge on any atom is -0.447 e. The maximum atomic E-state index is 14.4. The van der Waals surface area contributed by atoms with Crippen LogP contribution in [0.4, 0.5) is 25.3 Å². The highest BCUT2D eigenvalue weighted by atomic mass is 19.1. The maximum Gasteiger partial charge on any atom is 0.416 e. The van der Waals surface area contributed by atoms with Gasteiger partial charge in [-0.1, -0.05) is 18.2 Å². The van der Waals surface area contributed by atoms with Gasteiger partial charge in [0.05, 0.1) is 18.3 Å². The summed E-state index contributed by atoms with van der Waals surface area (Å²) in [4.78, 5) is 29.8. The fourth-order valence-electron chi connectivity index (χ4n) is 3.43. The summed E-state index contributed by atoms with van der Waals surface area (Å²) in [6.45, 7) is 2.62. The number of aliphatic hydroxyl groups excluding tert-OH is 1. The van der Waals surface area contributed by atoms with Crippen molar-refractivity contribution in [2.45, 2.75) is 38.7 Å². The van der Waals surface area contributed by atoms with Crippen LogP contribution < -0.4 is 10.2 Å². The van der Waals surface area contributed by atoms with Gasteiger partial charge < -0.3 is 15.2 Å². The molecule has 1 aliphatic rings. The maximum absolute atomic E-state index is 14.4. The molecule has 0 bridgehead atoms. The molecule has 1 aromatic carbocycles. The average Bonchev–Trinajstić information content (AvgIpc) is 3.22. The Bertz CT molecular complexity index is 1150. The van der Waals surface area contributed by atoms with Gasteiger partial charge in [-0.2, -0.15) is 4.98 Å². The van der Waals surface area contributed by atoms with E-state index in [-0.39, 0.29) is 18.4 Å². The molecular weight excluding hydrogens is 434 g/mol. The molecule has 3 heterocycles. The highest BCUT2D eigenvalue weighted by molar-refractivity contribution is 5.89. The lowest BCUT2D eigenvalue weighted by Gasteiger charge is -2.23. The number of carbonyl (C=O) groups excluding carboxylic acids is 1. The zero-order valence-corrected chi connectivity index (χ0v) is 17.9. The monoisotopic (exact) mass is 456 g/mol. The Morgan fingerprint density at radius 3 is 2.67 bits per heavy atom. The topological polar surface area (TPSA) is 113 Å². The molecule has 4 rings (SSSR count). The molecular formula is C22H22F2N6O3. The Hall–Kier alpha value is -3.73. The first-order chi connectivity index (χ1) is 15.9. The summed E-state index contributed by atoms with van der Waals surface area (Å²) in [6, 6.07) is 5.83. The molecule has 11 heteroatoms. The molecule has 3 atom stereocenters. The number of anilines is 2. The molecule has 0 radical (unpaired) electrons. The van der Waals surface area contributed by atoms with Crippen LogP contribution in [0.1, 0.15) is 31.3 Å². The molecule has 1 unspecified atom stereocenters. The van der Waals surface area contributed by atoms with Gasteiger partial charge in [0.2, 0.25) is 5.95 Å². The van der Waals surface area contributed by atoms with E-state index >= 15 is 0 Å². The fourth-order valence-corrected chi connectivity index (χ4v) is 3.43. The highest BCUT2D eigenvalue weighted by Gasteiger charge is 2.39. The number of nitrogens with one attached hydrogen (secondary N) is 1. The second-order valence-electron chi connectivity index (χ2n) is 7.65. The number of hydrogen-bond acceptors (Lipinski definition) is 8. The number of hydrogen-bond donors (Lipinski definition) is 2. The van der Waals surface area contributed by atoms with Crippen molar-refractivity contribution >= 4 is 17.9 Å². The zero-order chi connectivity index (χ0) is 23.5. The first-order valence-corrected chi connectivity index (χ1v) is 10.3. The molecule has 172 valence electrons. The van der Waals surface area contributed by atoms with Gasteiger partial charge >= 0.3 is 6.09 Å². The van der Waals surface area contributed by atoms with Crippen molar-refractivity contribution < 1.29 is 23.4 Å². The first kappa shape index (κ1) is 22.5. The van der Waals surface area contributed by atoms with Crippen LogP contribution in [0, 0.1) is 5.82 Å². The van der Waals surface area contributed by atoms with Crippen molar-refractivity contribution in [1.82, 2.24) is 19.9 Å². The van der Waals surface area contributed by atoms with Gasteiger partial charge in [0.25, 0.3) is 0 Å². The van der Waals surface area contributed by atoms with Gasteiger partial charge in [0, 0.05) is 18.0 Å². The van der Waals surface area contributed by atoms with Crippen LogP contribution in [0.2, 0.25) is 0 Å². The average molecular weight is 456 g/mol. The lowest BCUT2D eigenvalue weighted by atomic mass is 10.1. The van der Waals surface area contributed by atoms with E-state index in [1.807, 2.05) is 6.07 Å². The Balaban J connectivity index is 1.52. The van der Waals surface area contributed by atoms with E-state index < -0.39 is 36.8 Å². The van der Waals surface area contributed by atoms with E-state index in [4.69, 9.17) is 4.74 Å². The Kier molecular flexibility index (Phi) is 6.40. The number of halogens is 2. The Labute approximate surface area is 188 Å². The van der Waals surface area contributed by atoms with Crippen LogP contribution in [-0.4, -0.2) is 49.9 Å². The molecule has 3 aromatic rings.